The Labute approximate surface area is 193 Å². The van der Waals surface area contributed by atoms with E-state index in [2.05, 4.69) is 29.5 Å². The number of amides is 1. The second-order valence-electron chi connectivity index (χ2n) is 7.48. The molecule has 5 aromatic rings. The van der Waals surface area contributed by atoms with Gasteiger partial charge < -0.3 is 9.84 Å². The van der Waals surface area contributed by atoms with Gasteiger partial charge in [0.1, 0.15) is 5.01 Å². The number of rotatable bonds is 5. The Hall–Kier alpha value is -3.48. The first-order valence-electron chi connectivity index (χ1n) is 10.0. The van der Waals surface area contributed by atoms with Crippen LogP contribution in [0.1, 0.15) is 11.3 Å². The van der Waals surface area contributed by atoms with Crippen molar-refractivity contribution in [2.24, 2.45) is 0 Å². The van der Waals surface area contributed by atoms with Crippen LogP contribution in [-0.4, -0.2) is 16.0 Å². The van der Waals surface area contributed by atoms with Crippen molar-refractivity contribution in [2.75, 3.05) is 5.32 Å². The van der Waals surface area contributed by atoms with Gasteiger partial charge >= 0.3 is 0 Å². The molecule has 0 unspecified atom stereocenters. The van der Waals surface area contributed by atoms with E-state index in [1.807, 2.05) is 42.5 Å². The third-order valence-electron chi connectivity index (χ3n) is 4.99. The van der Waals surface area contributed by atoms with Crippen molar-refractivity contribution in [1.82, 2.24) is 10.1 Å². The minimum Gasteiger partial charge on any atom is -0.356 e. The molecule has 1 N–H and O–H groups in total. The van der Waals surface area contributed by atoms with E-state index in [0.717, 1.165) is 27.3 Å². The number of nitrogens with one attached hydrogen (secondary N) is 1. The number of hydrogen-bond acceptors (Lipinski definition) is 5. The summed E-state index contributed by atoms with van der Waals surface area (Å²) in [6.07, 6.45) is 0.121. The maximum atomic E-state index is 12.5. The van der Waals surface area contributed by atoms with Gasteiger partial charge in [0.25, 0.3) is 0 Å². The molecule has 7 heteroatoms. The van der Waals surface area contributed by atoms with Crippen molar-refractivity contribution in [1.29, 1.82) is 0 Å². The van der Waals surface area contributed by atoms with E-state index in [9.17, 15) is 4.79 Å². The number of aromatic nitrogens is 2. The topological polar surface area (TPSA) is 68.0 Å². The molecule has 0 atom stereocenters. The number of carbonyl (C=O) groups excluding carboxylic acids is 1. The summed E-state index contributed by atoms with van der Waals surface area (Å²) in [6.45, 7) is 2.08. The van der Waals surface area contributed by atoms with E-state index in [1.165, 1.54) is 10.3 Å². The van der Waals surface area contributed by atoms with Crippen LogP contribution in [-0.2, 0) is 11.2 Å². The van der Waals surface area contributed by atoms with Crippen LogP contribution in [0.3, 0.4) is 0 Å². The van der Waals surface area contributed by atoms with E-state index >= 15 is 0 Å². The third-order valence-corrected chi connectivity index (χ3v) is 6.31. The van der Waals surface area contributed by atoms with Gasteiger partial charge in [0.05, 0.1) is 22.3 Å². The van der Waals surface area contributed by atoms with Gasteiger partial charge in [-0.15, -0.1) is 11.3 Å². The molecule has 0 saturated heterocycles. The molecule has 32 heavy (non-hydrogen) atoms. The predicted octanol–water partition coefficient (Wildman–Crippen LogP) is 6.76. The number of benzene rings is 3. The van der Waals surface area contributed by atoms with Crippen molar-refractivity contribution >= 4 is 44.7 Å². The Bertz CT molecular complexity index is 1410. The van der Waals surface area contributed by atoms with Crippen LogP contribution in [0.4, 0.5) is 5.69 Å². The predicted molar refractivity (Wildman–Crippen MR) is 129 cm³/mol. The largest absolute Gasteiger partial charge is 0.356 e. The standard InChI is InChI=1S/C25H18ClN3O2S/c1-15-2-11-21-23(12-15)32-25(28-21)17-5-9-19(10-6-17)27-24(30)14-20-13-22(31-29-20)16-3-7-18(26)8-4-16/h2-13H,14H2,1H3,(H,27,30). The molecule has 0 bridgehead atoms. The van der Waals surface area contributed by atoms with Crippen LogP contribution >= 0.6 is 22.9 Å². The quantitative estimate of drug-likeness (QED) is 0.315. The molecule has 0 aliphatic heterocycles. The van der Waals surface area contributed by atoms with Gasteiger partial charge in [-0.2, -0.15) is 0 Å². The summed E-state index contributed by atoms with van der Waals surface area (Å²) in [4.78, 5) is 17.2. The molecule has 2 aromatic heterocycles. The molecule has 3 aromatic carbocycles. The average molecular weight is 460 g/mol. The molecule has 0 radical (unpaired) electrons. The highest BCUT2D eigenvalue weighted by Crippen LogP contribution is 2.31. The van der Waals surface area contributed by atoms with Crippen LogP contribution in [0, 0.1) is 6.92 Å². The van der Waals surface area contributed by atoms with Crippen molar-refractivity contribution in [3.63, 3.8) is 0 Å². The number of nitrogens with zero attached hydrogens (tertiary/aromatic N) is 2. The van der Waals surface area contributed by atoms with Crippen molar-refractivity contribution in [3.05, 3.63) is 89.1 Å². The maximum Gasteiger partial charge on any atom is 0.230 e. The number of carbonyl (C=O) groups is 1. The zero-order valence-electron chi connectivity index (χ0n) is 17.1. The fraction of sp³-hybridized carbons (Fsp3) is 0.0800. The minimum absolute atomic E-state index is 0.121. The average Bonchev–Trinajstić information content (AvgIpc) is 3.41. The lowest BCUT2D eigenvalue weighted by molar-refractivity contribution is -0.115. The van der Waals surface area contributed by atoms with Gasteiger partial charge in [-0.3, -0.25) is 4.79 Å². The second-order valence-corrected chi connectivity index (χ2v) is 8.95. The van der Waals surface area contributed by atoms with Crippen LogP contribution in [0.2, 0.25) is 5.02 Å². The first kappa shape index (κ1) is 20.4. The summed E-state index contributed by atoms with van der Waals surface area (Å²) in [7, 11) is 0. The zero-order valence-corrected chi connectivity index (χ0v) is 18.7. The Morgan fingerprint density at radius 3 is 2.53 bits per heavy atom. The van der Waals surface area contributed by atoms with E-state index in [4.69, 9.17) is 21.1 Å². The lowest BCUT2D eigenvalue weighted by Crippen LogP contribution is -2.14. The number of thiazole rings is 1. The molecule has 0 fully saturated rings. The lowest BCUT2D eigenvalue weighted by Gasteiger charge is -2.04. The van der Waals surface area contributed by atoms with Crippen LogP contribution < -0.4 is 5.32 Å². The Morgan fingerprint density at radius 2 is 1.75 bits per heavy atom. The molecule has 158 valence electrons. The van der Waals surface area contributed by atoms with Crippen LogP contribution in [0.25, 0.3) is 32.1 Å². The van der Waals surface area contributed by atoms with Gasteiger partial charge in [0.2, 0.25) is 5.91 Å². The smallest absolute Gasteiger partial charge is 0.230 e. The minimum atomic E-state index is -0.163. The van der Waals surface area contributed by atoms with Gasteiger partial charge in [0.15, 0.2) is 5.76 Å². The number of anilines is 1. The Morgan fingerprint density at radius 1 is 1.00 bits per heavy atom. The molecule has 0 saturated carbocycles. The summed E-state index contributed by atoms with van der Waals surface area (Å²) >= 11 is 7.58. The van der Waals surface area contributed by atoms with Gasteiger partial charge in [-0.25, -0.2) is 4.98 Å². The highest BCUT2D eigenvalue weighted by atomic mass is 35.5. The molecule has 5 rings (SSSR count). The molecule has 2 heterocycles. The van der Waals surface area contributed by atoms with E-state index in [-0.39, 0.29) is 12.3 Å². The first-order chi connectivity index (χ1) is 15.5. The number of aryl methyl sites for hydroxylation is 1. The van der Waals surface area contributed by atoms with Crippen LogP contribution in [0.5, 0.6) is 0 Å². The summed E-state index contributed by atoms with van der Waals surface area (Å²) in [5, 5.41) is 8.52. The van der Waals surface area contributed by atoms with E-state index < -0.39 is 0 Å². The molecule has 1 amide bonds. The second kappa shape index (κ2) is 8.57. The number of halogens is 1. The molecular formula is C25H18ClN3O2S. The summed E-state index contributed by atoms with van der Waals surface area (Å²) in [5.41, 5.74) is 5.38. The van der Waals surface area contributed by atoms with Crippen LogP contribution in [0.15, 0.2) is 77.3 Å². The zero-order chi connectivity index (χ0) is 22.1. The SMILES string of the molecule is Cc1ccc2nc(-c3ccc(NC(=O)Cc4cc(-c5ccc(Cl)cc5)on4)cc3)sc2c1. The van der Waals surface area contributed by atoms with E-state index in [0.29, 0.717) is 16.5 Å². The normalized spacial score (nSPS) is 11.1. The summed E-state index contributed by atoms with van der Waals surface area (Å²) in [5.74, 6) is 0.434. The van der Waals surface area contributed by atoms with Gasteiger partial charge in [0, 0.05) is 27.9 Å². The molecular weight excluding hydrogens is 442 g/mol. The summed E-state index contributed by atoms with van der Waals surface area (Å²) in [6, 6.07) is 23.0. The van der Waals surface area contributed by atoms with Crippen molar-refractivity contribution in [2.45, 2.75) is 13.3 Å². The van der Waals surface area contributed by atoms with Gasteiger partial charge in [-0.05, 0) is 73.2 Å². The summed E-state index contributed by atoms with van der Waals surface area (Å²) < 4.78 is 6.53. The molecule has 5 nitrogen and oxygen atoms in total. The molecule has 0 aliphatic rings. The monoisotopic (exact) mass is 459 g/mol. The lowest BCUT2D eigenvalue weighted by atomic mass is 10.1. The molecule has 0 aliphatic carbocycles. The molecule has 0 spiro atoms. The highest BCUT2D eigenvalue weighted by Gasteiger charge is 2.12. The van der Waals surface area contributed by atoms with Crippen molar-refractivity contribution < 1.29 is 9.32 Å². The maximum absolute atomic E-state index is 12.5. The van der Waals surface area contributed by atoms with Gasteiger partial charge in [-0.1, -0.05) is 22.8 Å². The number of hydrogen-bond donors (Lipinski definition) is 1. The van der Waals surface area contributed by atoms with Crippen molar-refractivity contribution in [3.8, 4) is 21.9 Å². The van der Waals surface area contributed by atoms with E-state index in [1.54, 1.807) is 29.5 Å². The fourth-order valence-electron chi connectivity index (χ4n) is 3.37. The Kier molecular flexibility index (Phi) is 5.47. The Balaban J connectivity index is 1.24. The fourth-order valence-corrected chi connectivity index (χ4v) is 4.56. The first-order valence-corrected chi connectivity index (χ1v) is 11.2. The number of fused-ring (bicyclic) bond motifs is 1. The third kappa shape index (κ3) is 4.42. The highest BCUT2D eigenvalue weighted by molar-refractivity contribution is 7.21.